The number of hydrogen-bond donors (Lipinski definition) is 1. The second kappa shape index (κ2) is 6.33. The zero-order valence-electron chi connectivity index (χ0n) is 14.4. The lowest BCUT2D eigenvalue weighted by atomic mass is 9.65. The van der Waals surface area contributed by atoms with Crippen LogP contribution in [-0.2, 0) is 14.1 Å². The number of ether oxygens (including phenoxy) is 1. The van der Waals surface area contributed by atoms with E-state index in [1.807, 2.05) is 0 Å². The van der Waals surface area contributed by atoms with Crippen molar-refractivity contribution in [3.05, 3.63) is 29.3 Å². The molecule has 1 unspecified atom stereocenters. The van der Waals surface area contributed by atoms with E-state index < -0.39 is 53.7 Å². The minimum absolute atomic E-state index is 0.168. The zero-order valence-corrected chi connectivity index (χ0v) is 14.4. The van der Waals surface area contributed by atoms with Crippen LogP contribution >= 0.6 is 0 Å². The normalized spacial score (nSPS) is 20.0. The van der Waals surface area contributed by atoms with Gasteiger partial charge >= 0.3 is 13.1 Å². The van der Waals surface area contributed by atoms with Crippen LogP contribution in [0.4, 0.5) is 8.78 Å². The standard InChI is InChI=1S/C16H21BF2O5/c1-15(2)16(3,4)24-17(23-15)9(8-12(20)21)13-10(18)6-7-11(22-5)14(13)19/h6-7,9H,8H2,1-5H3,(H,20,21). The van der Waals surface area contributed by atoms with Gasteiger partial charge in [0.05, 0.1) is 24.7 Å². The molecule has 0 radical (unpaired) electrons. The van der Waals surface area contributed by atoms with Crippen molar-refractivity contribution >= 4 is 13.1 Å². The quantitative estimate of drug-likeness (QED) is 0.833. The molecule has 1 saturated heterocycles. The molecule has 2 rings (SSSR count). The molecule has 0 aromatic heterocycles. The van der Waals surface area contributed by atoms with Crippen LogP contribution in [0.25, 0.3) is 0 Å². The number of carboxylic acid groups (broad SMARTS) is 1. The van der Waals surface area contributed by atoms with Gasteiger partial charge in [0.2, 0.25) is 0 Å². The van der Waals surface area contributed by atoms with Crippen molar-refractivity contribution in [3.8, 4) is 5.75 Å². The molecule has 0 aliphatic carbocycles. The lowest BCUT2D eigenvalue weighted by Crippen LogP contribution is -2.41. The monoisotopic (exact) mass is 342 g/mol. The maximum absolute atomic E-state index is 14.6. The van der Waals surface area contributed by atoms with E-state index >= 15 is 0 Å². The third-order valence-corrected chi connectivity index (χ3v) is 4.68. The van der Waals surface area contributed by atoms with Gasteiger partial charge in [-0.3, -0.25) is 4.79 Å². The first-order valence-corrected chi connectivity index (χ1v) is 7.59. The highest BCUT2D eigenvalue weighted by Crippen LogP contribution is 2.43. The third kappa shape index (κ3) is 3.25. The molecule has 1 aliphatic rings. The smallest absolute Gasteiger partial charge is 0.466 e. The van der Waals surface area contributed by atoms with Gasteiger partial charge in [-0.15, -0.1) is 0 Å². The second-order valence-corrected chi connectivity index (χ2v) is 6.81. The van der Waals surface area contributed by atoms with Crippen LogP contribution in [0, 0.1) is 11.6 Å². The van der Waals surface area contributed by atoms with Crippen LogP contribution in [0.3, 0.4) is 0 Å². The van der Waals surface area contributed by atoms with E-state index in [-0.39, 0.29) is 5.75 Å². The highest BCUT2D eigenvalue weighted by Gasteiger charge is 2.55. The molecule has 0 amide bonds. The van der Waals surface area contributed by atoms with Gasteiger partial charge in [-0.25, -0.2) is 8.78 Å². The molecule has 1 aliphatic heterocycles. The molecule has 1 atom stereocenters. The summed E-state index contributed by atoms with van der Waals surface area (Å²) < 4.78 is 45.4. The summed E-state index contributed by atoms with van der Waals surface area (Å²) in [7, 11) is 0.156. The number of carboxylic acids is 1. The van der Waals surface area contributed by atoms with Crippen molar-refractivity contribution in [1.29, 1.82) is 0 Å². The average molecular weight is 342 g/mol. The highest BCUT2D eigenvalue weighted by atomic mass is 19.1. The van der Waals surface area contributed by atoms with Gasteiger partial charge in [-0.1, -0.05) is 0 Å². The fourth-order valence-corrected chi connectivity index (χ4v) is 2.62. The predicted octanol–water partition coefficient (Wildman–Crippen LogP) is 3.16. The molecule has 132 valence electrons. The Morgan fingerprint density at radius 2 is 1.79 bits per heavy atom. The van der Waals surface area contributed by atoms with E-state index in [1.54, 1.807) is 27.7 Å². The molecule has 0 bridgehead atoms. The summed E-state index contributed by atoms with van der Waals surface area (Å²) in [5.74, 6) is -4.35. The Labute approximate surface area is 140 Å². The first-order valence-electron chi connectivity index (χ1n) is 7.59. The molecular weight excluding hydrogens is 321 g/mol. The number of hydrogen-bond acceptors (Lipinski definition) is 4. The van der Waals surface area contributed by atoms with Crippen LogP contribution in [0.2, 0.25) is 0 Å². The Hall–Kier alpha value is -1.67. The van der Waals surface area contributed by atoms with Gasteiger partial charge in [0.15, 0.2) is 11.6 Å². The van der Waals surface area contributed by atoms with Crippen LogP contribution in [0.15, 0.2) is 12.1 Å². The van der Waals surface area contributed by atoms with E-state index in [4.69, 9.17) is 14.0 Å². The fraction of sp³-hybridized carbons (Fsp3) is 0.562. The number of halogens is 2. The summed E-state index contributed by atoms with van der Waals surface area (Å²) in [6, 6.07) is 2.19. The van der Waals surface area contributed by atoms with Crippen molar-refractivity contribution in [2.45, 2.75) is 51.1 Å². The summed E-state index contributed by atoms with van der Waals surface area (Å²) in [4.78, 5) is 11.3. The average Bonchev–Trinajstić information content (AvgIpc) is 2.66. The SMILES string of the molecule is COc1ccc(F)c(C(CC(=O)O)B2OC(C)(C)C(C)(C)O2)c1F. The third-order valence-electron chi connectivity index (χ3n) is 4.68. The first-order chi connectivity index (χ1) is 11.0. The van der Waals surface area contributed by atoms with Crippen molar-refractivity contribution in [2.75, 3.05) is 7.11 Å². The number of carbonyl (C=O) groups is 1. The summed E-state index contributed by atoms with van der Waals surface area (Å²) in [5.41, 5.74) is -1.91. The molecule has 0 spiro atoms. The topological polar surface area (TPSA) is 65.0 Å². The number of benzene rings is 1. The molecule has 8 heteroatoms. The number of methoxy groups -OCH3 is 1. The van der Waals surface area contributed by atoms with Gasteiger partial charge in [0.25, 0.3) is 0 Å². The molecule has 1 aromatic carbocycles. The number of rotatable bonds is 5. The van der Waals surface area contributed by atoms with Crippen LogP contribution in [0.5, 0.6) is 5.75 Å². The minimum atomic E-state index is -1.21. The van der Waals surface area contributed by atoms with Crippen LogP contribution in [0.1, 0.15) is 45.5 Å². The first kappa shape index (κ1) is 18.7. The van der Waals surface area contributed by atoms with Gasteiger partial charge in [0, 0.05) is 11.4 Å². The van der Waals surface area contributed by atoms with Crippen molar-refractivity contribution < 1.29 is 32.7 Å². The fourth-order valence-electron chi connectivity index (χ4n) is 2.62. The van der Waals surface area contributed by atoms with E-state index in [2.05, 4.69) is 0 Å². The molecule has 5 nitrogen and oxygen atoms in total. The largest absolute Gasteiger partial charge is 0.494 e. The Balaban J connectivity index is 2.50. The van der Waals surface area contributed by atoms with Gasteiger partial charge in [-0.05, 0) is 39.8 Å². The molecule has 1 heterocycles. The lowest BCUT2D eigenvalue weighted by Gasteiger charge is -2.32. The molecular formula is C16H21BF2O5. The van der Waals surface area contributed by atoms with E-state index in [0.717, 1.165) is 12.1 Å². The molecule has 1 aromatic rings. The van der Waals surface area contributed by atoms with Gasteiger partial charge in [0.1, 0.15) is 5.82 Å². The number of aliphatic carboxylic acids is 1. The highest BCUT2D eigenvalue weighted by molar-refractivity contribution is 6.48. The zero-order chi connectivity index (χ0) is 18.3. The maximum atomic E-state index is 14.6. The van der Waals surface area contributed by atoms with E-state index in [9.17, 15) is 18.7 Å². The lowest BCUT2D eigenvalue weighted by molar-refractivity contribution is -0.137. The Kier molecular flexibility index (Phi) is 4.92. The molecule has 24 heavy (non-hydrogen) atoms. The van der Waals surface area contributed by atoms with Crippen LogP contribution in [-0.4, -0.2) is 36.5 Å². The second-order valence-electron chi connectivity index (χ2n) is 6.81. The van der Waals surface area contributed by atoms with Crippen molar-refractivity contribution in [3.63, 3.8) is 0 Å². The molecule has 1 fully saturated rings. The Morgan fingerprint density at radius 1 is 1.25 bits per heavy atom. The van der Waals surface area contributed by atoms with E-state index in [0.29, 0.717) is 0 Å². The summed E-state index contributed by atoms with van der Waals surface area (Å²) >= 11 is 0. The molecule has 1 N–H and O–H groups in total. The summed E-state index contributed by atoms with van der Waals surface area (Å²) in [6.45, 7) is 7.12. The van der Waals surface area contributed by atoms with Gasteiger partial charge < -0.3 is 19.2 Å². The summed E-state index contributed by atoms with van der Waals surface area (Å²) in [6.07, 6.45) is -0.544. The van der Waals surface area contributed by atoms with E-state index in [1.165, 1.54) is 7.11 Å². The maximum Gasteiger partial charge on any atom is 0.466 e. The minimum Gasteiger partial charge on any atom is -0.494 e. The predicted molar refractivity (Wildman–Crippen MR) is 84.0 cm³/mol. The Morgan fingerprint density at radius 3 is 2.25 bits per heavy atom. The van der Waals surface area contributed by atoms with Crippen LogP contribution < -0.4 is 4.74 Å². The van der Waals surface area contributed by atoms with Crippen molar-refractivity contribution in [2.24, 2.45) is 0 Å². The Bertz CT molecular complexity index is 632. The summed E-state index contributed by atoms with van der Waals surface area (Å²) in [5, 5.41) is 9.19. The molecule has 0 saturated carbocycles. The van der Waals surface area contributed by atoms with Gasteiger partial charge in [-0.2, -0.15) is 0 Å². The van der Waals surface area contributed by atoms with Crippen molar-refractivity contribution in [1.82, 2.24) is 0 Å².